The molecule has 0 unspecified atom stereocenters. The number of methoxy groups -OCH3 is 2. The lowest BCUT2D eigenvalue weighted by atomic mass is 9.90. The van der Waals surface area contributed by atoms with Crippen LogP contribution in [0.3, 0.4) is 0 Å². The zero-order valence-corrected chi connectivity index (χ0v) is 12.5. The zero-order valence-electron chi connectivity index (χ0n) is 11.0. The van der Waals surface area contributed by atoms with E-state index in [1.807, 2.05) is 12.1 Å². The van der Waals surface area contributed by atoms with Crippen LogP contribution < -0.4 is 14.8 Å². The molecule has 0 bridgehead atoms. The fourth-order valence-electron chi connectivity index (χ4n) is 2.53. The summed E-state index contributed by atoms with van der Waals surface area (Å²) in [6, 6.07) is 3.98. The average Bonchev–Trinajstić information content (AvgIpc) is 2.42. The molecule has 1 fully saturated rings. The predicted octanol–water partition coefficient (Wildman–Crippen LogP) is 3.01. The lowest BCUT2D eigenvalue weighted by molar-refractivity contribution is 0.338. The van der Waals surface area contributed by atoms with Crippen molar-refractivity contribution < 1.29 is 9.47 Å². The van der Waals surface area contributed by atoms with E-state index in [2.05, 4.69) is 21.2 Å². The standard InChI is InChI=1S/C14H20BrNO2/c1-17-13-4-3-12(15)11(14(13)18-2)9-10-5-7-16-8-6-10/h3-4,10,16H,5-9H2,1-2H3. The van der Waals surface area contributed by atoms with Crippen molar-refractivity contribution in [1.29, 1.82) is 0 Å². The molecule has 0 aromatic heterocycles. The van der Waals surface area contributed by atoms with Crippen molar-refractivity contribution >= 4 is 15.9 Å². The van der Waals surface area contributed by atoms with Gasteiger partial charge in [-0.25, -0.2) is 0 Å². The molecule has 1 heterocycles. The number of rotatable bonds is 4. The largest absolute Gasteiger partial charge is 0.493 e. The van der Waals surface area contributed by atoms with Crippen LogP contribution in [-0.2, 0) is 6.42 Å². The summed E-state index contributed by atoms with van der Waals surface area (Å²) in [5.41, 5.74) is 1.23. The molecule has 1 aromatic carbocycles. The summed E-state index contributed by atoms with van der Waals surface area (Å²) in [5, 5.41) is 3.40. The third-order valence-electron chi connectivity index (χ3n) is 3.54. The molecule has 1 aliphatic rings. The van der Waals surface area contributed by atoms with E-state index in [4.69, 9.17) is 9.47 Å². The van der Waals surface area contributed by atoms with Gasteiger partial charge in [-0.05, 0) is 50.4 Å². The third kappa shape index (κ3) is 2.98. The van der Waals surface area contributed by atoms with E-state index in [1.54, 1.807) is 14.2 Å². The normalized spacial score (nSPS) is 16.6. The van der Waals surface area contributed by atoms with Gasteiger partial charge in [0.25, 0.3) is 0 Å². The summed E-state index contributed by atoms with van der Waals surface area (Å²) >= 11 is 3.63. The van der Waals surface area contributed by atoms with Crippen LogP contribution in [0.1, 0.15) is 18.4 Å². The molecule has 18 heavy (non-hydrogen) atoms. The van der Waals surface area contributed by atoms with Gasteiger partial charge in [0.2, 0.25) is 0 Å². The molecular formula is C14H20BrNO2. The lowest BCUT2D eigenvalue weighted by Gasteiger charge is -2.24. The van der Waals surface area contributed by atoms with Crippen molar-refractivity contribution in [3.63, 3.8) is 0 Å². The zero-order chi connectivity index (χ0) is 13.0. The van der Waals surface area contributed by atoms with Gasteiger partial charge in [-0.2, -0.15) is 0 Å². The van der Waals surface area contributed by atoms with Crippen molar-refractivity contribution in [3.8, 4) is 11.5 Å². The maximum Gasteiger partial charge on any atom is 0.165 e. The Morgan fingerprint density at radius 1 is 1.22 bits per heavy atom. The molecule has 0 saturated carbocycles. The van der Waals surface area contributed by atoms with Gasteiger partial charge in [-0.3, -0.25) is 0 Å². The fourth-order valence-corrected chi connectivity index (χ4v) is 3.01. The molecule has 0 radical (unpaired) electrons. The van der Waals surface area contributed by atoms with E-state index in [1.165, 1.54) is 18.4 Å². The Labute approximate surface area is 117 Å². The van der Waals surface area contributed by atoms with E-state index in [-0.39, 0.29) is 0 Å². The molecule has 1 aliphatic heterocycles. The Balaban J connectivity index is 2.24. The second kappa shape index (κ2) is 6.43. The number of hydrogen-bond acceptors (Lipinski definition) is 3. The number of ether oxygens (including phenoxy) is 2. The average molecular weight is 314 g/mol. The Bertz CT molecular complexity index is 403. The Hall–Kier alpha value is -0.740. The molecule has 1 N–H and O–H groups in total. The van der Waals surface area contributed by atoms with Crippen LogP contribution in [0.25, 0.3) is 0 Å². The first-order chi connectivity index (χ1) is 8.76. The highest BCUT2D eigenvalue weighted by Crippen LogP contribution is 2.38. The van der Waals surface area contributed by atoms with Crippen LogP contribution in [0.2, 0.25) is 0 Å². The highest BCUT2D eigenvalue weighted by Gasteiger charge is 2.19. The molecule has 1 aromatic rings. The summed E-state index contributed by atoms with van der Waals surface area (Å²) in [6.07, 6.45) is 3.50. The maximum atomic E-state index is 5.52. The molecule has 100 valence electrons. The monoisotopic (exact) mass is 313 g/mol. The van der Waals surface area contributed by atoms with Gasteiger partial charge < -0.3 is 14.8 Å². The van der Waals surface area contributed by atoms with Crippen molar-refractivity contribution in [3.05, 3.63) is 22.2 Å². The van der Waals surface area contributed by atoms with Gasteiger partial charge >= 0.3 is 0 Å². The number of piperidine rings is 1. The molecule has 0 amide bonds. The number of halogens is 1. The van der Waals surface area contributed by atoms with Crippen LogP contribution in [0, 0.1) is 5.92 Å². The van der Waals surface area contributed by atoms with Gasteiger partial charge in [0.05, 0.1) is 14.2 Å². The first-order valence-electron chi connectivity index (χ1n) is 6.36. The van der Waals surface area contributed by atoms with Crippen LogP contribution in [0.4, 0.5) is 0 Å². The topological polar surface area (TPSA) is 30.5 Å². The quantitative estimate of drug-likeness (QED) is 0.927. The van der Waals surface area contributed by atoms with Gasteiger partial charge in [-0.15, -0.1) is 0 Å². The Morgan fingerprint density at radius 3 is 2.56 bits per heavy atom. The highest BCUT2D eigenvalue weighted by molar-refractivity contribution is 9.10. The Morgan fingerprint density at radius 2 is 1.94 bits per heavy atom. The Kier molecular flexibility index (Phi) is 4.89. The van der Waals surface area contributed by atoms with Gasteiger partial charge in [0, 0.05) is 10.0 Å². The van der Waals surface area contributed by atoms with Crippen LogP contribution in [-0.4, -0.2) is 27.3 Å². The molecule has 0 spiro atoms. The summed E-state index contributed by atoms with van der Waals surface area (Å²) in [4.78, 5) is 0. The van der Waals surface area contributed by atoms with E-state index < -0.39 is 0 Å². The number of hydrogen-bond donors (Lipinski definition) is 1. The molecule has 2 rings (SSSR count). The minimum absolute atomic E-state index is 0.726. The van der Waals surface area contributed by atoms with E-state index in [9.17, 15) is 0 Å². The first kappa shape index (κ1) is 13.7. The smallest absolute Gasteiger partial charge is 0.165 e. The van der Waals surface area contributed by atoms with Crippen molar-refractivity contribution in [2.24, 2.45) is 5.92 Å². The molecule has 1 saturated heterocycles. The second-order valence-electron chi connectivity index (χ2n) is 4.66. The molecule has 4 heteroatoms. The molecule has 0 aliphatic carbocycles. The predicted molar refractivity (Wildman–Crippen MR) is 76.5 cm³/mol. The fraction of sp³-hybridized carbons (Fsp3) is 0.571. The van der Waals surface area contributed by atoms with Crippen LogP contribution in [0.5, 0.6) is 11.5 Å². The van der Waals surface area contributed by atoms with Crippen LogP contribution >= 0.6 is 15.9 Å². The van der Waals surface area contributed by atoms with Crippen molar-refractivity contribution in [2.45, 2.75) is 19.3 Å². The molecule has 0 atom stereocenters. The van der Waals surface area contributed by atoms with Crippen molar-refractivity contribution in [1.82, 2.24) is 5.32 Å². The third-order valence-corrected chi connectivity index (χ3v) is 4.29. The van der Waals surface area contributed by atoms with Gasteiger partial charge in [0.15, 0.2) is 11.5 Å². The van der Waals surface area contributed by atoms with Crippen LogP contribution in [0.15, 0.2) is 16.6 Å². The molecular weight excluding hydrogens is 294 g/mol. The summed E-state index contributed by atoms with van der Waals surface area (Å²) < 4.78 is 12.0. The van der Waals surface area contributed by atoms with E-state index >= 15 is 0 Å². The number of nitrogens with one attached hydrogen (secondary N) is 1. The number of benzene rings is 1. The minimum Gasteiger partial charge on any atom is -0.493 e. The maximum absolute atomic E-state index is 5.52. The highest BCUT2D eigenvalue weighted by atomic mass is 79.9. The van der Waals surface area contributed by atoms with Gasteiger partial charge in [-0.1, -0.05) is 15.9 Å². The summed E-state index contributed by atoms with van der Waals surface area (Å²) in [5.74, 6) is 2.40. The second-order valence-corrected chi connectivity index (χ2v) is 5.51. The summed E-state index contributed by atoms with van der Waals surface area (Å²) in [6.45, 7) is 2.24. The first-order valence-corrected chi connectivity index (χ1v) is 7.15. The van der Waals surface area contributed by atoms with Crippen molar-refractivity contribution in [2.75, 3.05) is 27.3 Å². The molecule has 3 nitrogen and oxygen atoms in total. The summed E-state index contributed by atoms with van der Waals surface area (Å²) in [7, 11) is 3.39. The SMILES string of the molecule is COc1ccc(Br)c(CC2CCNCC2)c1OC. The minimum atomic E-state index is 0.726. The van der Waals surface area contributed by atoms with Gasteiger partial charge in [0.1, 0.15) is 0 Å². The lowest BCUT2D eigenvalue weighted by Crippen LogP contribution is -2.28. The van der Waals surface area contributed by atoms with E-state index in [0.29, 0.717) is 0 Å². The van der Waals surface area contributed by atoms with E-state index in [0.717, 1.165) is 41.4 Å².